The molecule has 3 nitrogen and oxygen atoms in total. The topological polar surface area (TPSA) is 38.3 Å². The number of hydrogen-bond acceptors (Lipinski definition) is 3. The van der Waals surface area contributed by atoms with Crippen LogP contribution in [0.3, 0.4) is 0 Å². The van der Waals surface area contributed by atoms with Crippen LogP contribution in [-0.4, -0.2) is 18.6 Å². The first-order valence-electron chi connectivity index (χ1n) is 6.32. The van der Waals surface area contributed by atoms with E-state index in [4.69, 9.17) is 4.74 Å². The molecule has 0 spiro atoms. The zero-order valence-corrected chi connectivity index (χ0v) is 10.2. The molecule has 0 aliphatic carbocycles. The molecule has 2 rings (SSSR count). The SMILES string of the molecule is CCCCCOC(=O)[C@H]1Cc2ccccc2N1. The van der Waals surface area contributed by atoms with Crippen LogP contribution in [0, 0.1) is 0 Å². The van der Waals surface area contributed by atoms with Crippen LogP contribution in [0.1, 0.15) is 31.7 Å². The zero-order chi connectivity index (χ0) is 12.1. The number of carbonyl (C=O) groups is 1. The van der Waals surface area contributed by atoms with Crippen molar-refractivity contribution in [1.82, 2.24) is 0 Å². The van der Waals surface area contributed by atoms with Gasteiger partial charge < -0.3 is 10.1 Å². The Hall–Kier alpha value is -1.51. The Bertz CT molecular complexity index is 365. The third-order valence-electron chi connectivity index (χ3n) is 3.05. The molecule has 1 N–H and O–H groups in total. The molecule has 1 aromatic carbocycles. The van der Waals surface area contributed by atoms with Gasteiger partial charge in [-0.3, -0.25) is 0 Å². The van der Waals surface area contributed by atoms with Crippen molar-refractivity contribution in [2.75, 3.05) is 11.9 Å². The van der Waals surface area contributed by atoms with E-state index >= 15 is 0 Å². The van der Waals surface area contributed by atoms with Gasteiger partial charge in [0.25, 0.3) is 0 Å². The minimum Gasteiger partial charge on any atom is -0.464 e. The zero-order valence-electron chi connectivity index (χ0n) is 10.2. The second kappa shape index (κ2) is 5.71. The maximum atomic E-state index is 11.8. The molecule has 1 atom stereocenters. The highest BCUT2D eigenvalue weighted by atomic mass is 16.5. The molecular weight excluding hydrogens is 214 g/mol. The summed E-state index contributed by atoms with van der Waals surface area (Å²) in [6.07, 6.45) is 3.96. The molecule has 17 heavy (non-hydrogen) atoms. The molecule has 1 heterocycles. The normalized spacial score (nSPS) is 17.4. The van der Waals surface area contributed by atoms with E-state index in [2.05, 4.69) is 12.2 Å². The second-order valence-corrected chi connectivity index (χ2v) is 4.43. The lowest BCUT2D eigenvalue weighted by Gasteiger charge is -2.10. The van der Waals surface area contributed by atoms with Crippen LogP contribution in [0.25, 0.3) is 0 Å². The molecule has 1 aliphatic rings. The average Bonchev–Trinajstić information content (AvgIpc) is 2.78. The van der Waals surface area contributed by atoms with Gasteiger partial charge in [0.1, 0.15) is 6.04 Å². The van der Waals surface area contributed by atoms with Gasteiger partial charge in [0.15, 0.2) is 0 Å². The molecule has 0 fully saturated rings. The summed E-state index contributed by atoms with van der Waals surface area (Å²) in [5, 5.41) is 3.20. The van der Waals surface area contributed by atoms with E-state index in [-0.39, 0.29) is 12.0 Å². The monoisotopic (exact) mass is 233 g/mol. The van der Waals surface area contributed by atoms with Gasteiger partial charge in [-0.1, -0.05) is 38.0 Å². The fourth-order valence-electron chi connectivity index (χ4n) is 2.07. The second-order valence-electron chi connectivity index (χ2n) is 4.43. The van der Waals surface area contributed by atoms with Gasteiger partial charge in [0.05, 0.1) is 6.61 Å². The number of benzene rings is 1. The van der Waals surface area contributed by atoms with Crippen LogP contribution in [0.4, 0.5) is 5.69 Å². The number of para-hydroxylation sites is 1. The highest BCUT2D eigenvalue weighted by Crippen LogP contribution is 2.25. The molecule has 0 bridgehead atoms. The van der Waals surface area contributed by atoms with Gasteiger partial charge in [0, 0.05) is 12.1 Å². The summed E-state index contributed by atoms with van der Waals surface area (Å²) in [5.74, 6) is -0.127. The van der Waals surface area contributed by atoms with E-state index in [0.717, 1.165) is 31.4 Å². The van der Waals surface area contributed by atoms with Crippen LogP contribution in [0.15, 0.2) is 24.3 Å². The molecule has 0 unspecified atom stereocenters. The maximum Gasteiger partial charge on any atom is 0.328 e. The number of unbranched alkanes of at least 4 members (excludes halogenated alkanes) is 2. The van der Waals surface area contributed by atoms with Crippen molar-refractivity contribution in [2.24, 2.45) is 0 Å². The van der Waals surface area contributed by atoms with Gasteiger partial charge in [-0.15, -0.1) is 0 Å². The lowest BCUT2D eigenvalue weighted by Crippen LogP contribution is -2.29. The van der Waals surface area contributed by atoms with Crippen molar-refractivity contribution in [3.63, 3.8) is 0 Å². The summed E-state index contributed by atoms with van der Waals surface area (Å²) in [6.45, 7) is 2.68. The van der Waals surface area contributed by atoms with Gasteiger partial charge in [-0.2, -0.15) is 0 Å². The Morgan fingerprint density at radius 1 is 1.41 bits per heavy atom. The van der Waals surface area contributed by atoms with Crippen molar-refractivity contribution in [1.29, 1.82) is 0 Å². The molecule has 0 radical (unpaired) electrons. The van der Waals surface area contributed by atoms with Crippen LogP contribution in [0.2, 0.25) is 0 Å². The predicted octanol–water partition coefficient (Wildman–Crippen LogP) is 2.76. The lowest BCUT2D eigenvalue weighted by atomic mass is 10.1. The number of esters is 1. The standard InChI is InChI=1S/C14H19NO2/c1-2-3-6-9-17-14(16)13-10-11-7-4-5-8-12(11)15-13/h4-5,7-8,13,15H,2-3,6,9-10H2,1H3/t13-/m1/s1. The van der Waals surface area contributed by atoms with Crippen LogP contribution < -0.4 is 5.32 Å². The number of ether oxygens (including phenoxy) is 1. The van der Waals surface area contributed by atoms with E-state index in [0.29, 0.717) is 6.61 Å². The van der Waals surface area contributed by atoms with Crippen molar-refractivity contribution >= 4 is 11.7 Å². The lowest BCUT2D eigenvalue weighted by molar-refractivity contribution is -0.144. The Morgan fingerprint density at radius 3 is 3.00 bits per heavy atom. The number of nitrogens with one attached hydrogen (secondary N) is 1. The Morgan fingerprint density at radius 2 is 2.24 bits per heavy atom. The summed E-state index contributed by atoms with van der Waals surface area (Å²) in [5.41, 5.74) is 2.26. The molecular formula is C14H19NO2. The van der Waals surface area contributed by atoms with Crippen molar-refractivity contribution in [2.45, 2.75) is 38.6 Å². The van der Waals surface area contributed by atoms with Crippen LogP contribution >= 0.6 is 0 Å². The Labute approximate surface area is 102 Å². The third-order valence-corrected chi connectivity index (χ3v) is 3.05. The first-order valence-corrected chi connectivity index (χ1v) is 6.32. The summed E-state index contributed by atoms with van der Waals surface area (Å²) >= 11 is 0. The number of fused-ring (bicyclic) bond motifs is 1. The number of carbonyl (C=O) groups excluding carboxylic acids is 1. The molecule has 0 amide bonds. The van der Waals surface area contributed by atoms with Crippen LogP contribution in [0.5, 0.6) is 0 Å². The highest BCUT2D eigenvalue weighted by molar-refractivity contribution is 5.82. The van der Waals surface area contributed by atoms with Crippen LogP contribution in [-0.2, 0) is 16.0 Å². The molecule has 0 aromatic heterocycles. The first-order chi connectivity index (χ1) is 8.31. The quantitative estimate of drug-likeness (QED) is 0.627. The minimum atomic E-state index is -0.200. The third kappa shape index (κ3) is 2.99. The molecule has 0 saturated carbocycles. The smallest absolute Gasteiger partial charge is 0.328 e. The summed E-state index contributed by atoms with van der Waals surface area (Å²) in [6, 6.07) is 7.82. The highest BCUT2D eigenvalue weighted by Gasteiger charge is 2.27. The molecule has 3 heteroatoms. The van der Waals surface area contributed by atoms with Crippen molar-refractivity contribution in [3.8, 4) is 0 Å². The summed E-state index contributed by atoms with van der Waals surface area (Å²) in [7, 11) is 0. The van der Waals surface area contributed by atoms with E-state index in [1.807, 2.05) is 24.3 Å². The fourth-order valence-corrected chi connectivity index (χ4v) is 2.07. The number of hydrogen-bond donors (Lipinski definition) is 1. The molecule has 1 aliphatic heterocycles. The molecule has 1 aromatic rings. The van der Waals surface area contributed by atoms with Crippen molar-refractivity contribution < 1.29 is 9.53 Å². The fraction of sp³-hybridized carbons (Fsp3) is 0.500. The predicted molar refractivity (Wildman–Crippen MR) is 68.0 cm³/mol. The summed E-state index contributed by atoms with van der Waals surface area (Å²) < 4.78 is 5.26. The van der Waals surface area contributed by atoms with Gasteiger partial charge in [0.2, 0.25) is 0 Å². The maximum absolute atomic E-state index is 11.8. The Balaban J connectivity index is 1.80. The van der Waals surface area contributed by atoms with E-state index in [1.165, 1.54) is 5.56 Å². The van der Waals surface area contributed by atoms with Gasteiger partial charge in [-0.05, 0) is 18.1 Å². The summed E-state index contributed by atoms with van der Waals surface area (Å²) in [4.78, 5) is 11.8. The number of rotatable bonds is 5. The largest absolute Gasteiger partial charge is 0.464 e. The molecule has 92 valence electrons. The average molecular weight is 233 g/mol. The minimum absolute atomic E-state index is 0.127. The van der Waals surface area contributed by atoms with E-state index in [1.54, 1.807) is 0 Å². The number of anilines is 1. The van der Waals surface area contributed by atoms with E-state index in [9.17, 15) is 4.79 Å². The Kier molecular flexibility index (Phi) is 4.02. The van der Waals surface area contributed by atoms with E-state index < -0.39 is 0 Å². The van der Waals surface area contributed by atoms with Gasteiger partial charge >= 0.3 is 5.97 Å². The molecule has 0 saturated heterocycles. The first kappa shape index (κ1) is 12.0. The van der Waals surface area contributed by atoms with Crippen molar-refractivity contribution in [3.05, 3.63) is 29.8 Å². The van der Waals surface area contributed by atoms with Gasteiger partial charge in [-0.25, -0.2) is 4.79 Å².